The molecule has 1 N–H and O–H groups in total. The van der Waals surface area contributed by atoms with Crippen molar-refractivity contribution in [1.82, 2.24) is 5.32 Å². The molecule has 0 amide bonds. The van der Waals surface area contributed by atoms with Gasteiger partial charge in [0.2, 0.25) is 0 Å². The third-order valence-corrected chi connectivity index (χ3v) is 3.85. The van der Waals surface area contributed by atoms with Crippen molar-refractivity contribution < 1.29 is 8.78 Å². The second-order valence-electron chi connectivity index (χ2n) is 4.41. The summed E-state index contributed by atoms with van der Waals surface area (Å²) in [6.45, 7) is 0. The Kier molecular flexibility index (Phi) is 4.97. The van der Waals surface area contributed by atoms with Gasteiger partial charge in [0.1, 0.15) is 11.6 Å². The molecule has 0 aliphatic rings. The molecule has 1 atom stereocenters. The van der Waals surface area contributed by atoms with Crippen LogP contribution in [-0.2, 0) is 6.42 Å². The van der Waals surface area contributed by atoms with Gasteiger partial charge in [0.25, 0.3) is 0 Å². The quantitative estimate of drug-likeness (QED) is 0.856. The summed E-state index contributed by atoms with van der Waals surface area (Å²) < 4.78 is 27.2. The number of nitrogens with one attached hydrogen (secondary N) is 1. The third-order valence-electron chi connectivity index (χ3n) is 3.15. The zero-order valence-electron chi connectivity index (χ0n) is 10.8. The lowest BCUT2D eigenvalue weighted by Gasteiger charge is -2.19. The normalized spacial score (nSPS) is 12.4. The van der Waals surface area contributed by atoms with E-state index in [4.69, 9.17) is 23.2 Å². The molecule has 0 aromatic heterocycles. The number of hydrogen-bond acceptors (Lipinski definition) is 1. The Labute approximate surface area is 126 Å². The average Bonchev–Trinajstić information content (AvgIpc) is 2.42. The van der Waals surface area contributed by atoms with Gasteiger partial charge in [-0.05, 0) is 49.4 Å². The van der Waals surface area contributed by atoms with Crippen LogP contribution in [-0.4, -0.2) is 7.05 Å². The molecule has 0 aliphatic carbocycles. The zero-order valence-corrected chi connectivity index (χ0v) is 12.3. The van der Waals surface area contributed by atoms with Crippen molar-refractivity contribution in [2.45, 2.75) is 12.5 Å². The molecular formula is C15H13Cl2F2N. The minimum atomic E-state index is -0.385. The van der Waals surface area contributed by atoms with E-state index in [9.17, 15) is 8.78 Å². The predicted octanol–water partition coefficient (Wildman–Crippen LogP) is 4.77. The SMILES string of the molecule is CNC(Cc1c(F)cccc1Cl)c1cc(F)ccc1Cl. The average molecular weight is 316 g/mol. The summed E-state index contributed by atoms with van der Waals surface area (Å²) in [5.74, 6) is -0.769. The van der Waals surface area contributed by atoms with E-state index in [-0.39, 0.29) is 24.1 Å². The first-order chi connectivity index (χ1) is 9.52. The zero-order chi connectivity index (χ0) is 14.7. The van der Waals surface area contributed by atoms with Crippen molar-refractivity contribution in [2.75, 3.05) is 7.05 Å². The van der Waals surface area contributed by atoms with Crippen LogP contribution in [0.4, 0.5) is 8.78 Å². The topological polar surface area (TPSA) is 12.0 Å². The second-order valence-corrected chi connectivity index (χ2v) is 5.23. The lowest BCUT2D eigenvalue weighted by molar-refractivity contribution is 0.549. The molecule has 0 aliphatic heterocycles. The largest absolute Gasteiger partial charge is 0.313 e. The van der Waals surface area contributed by atoms with Gasteiger partial charge in [-0.1, -0.05) is 29.3 Å². The smallest absolute Gasteiger partial charge is 0.127 e. The van der Waals surface area contributed by atoms with E-state index in [1.807, 2.05) is 0 Å². The fraction of sp³-hybridized carbons (Fsp3) is 0.200. The molecule has 0 saturated carbocycles. The maximum Gasteiger partial charge on any atom is 0.127 e. The summed E-state index contributed by atoms with van der Waals surface area (Å²) in [5, 5.41) is 3.79. The van der Waals surface area contributed by atoms with Gasteiger partial charge < -0.3 is 5.32 Å². The number of likely N-dealkylation sites (N-methyl/N-ethyl adjacent to an activating group) is 1. The van der Waals surface area contributed by atoms with Gasteiger partial charge in [-0.2, -0.15) is 0 Å². The first-order valence-corrected chi connectivity index (χ1v) is 6.83. The minimum absolute atomic E-state index is 0.283. The van der Waals surface area contributed by atoms with Crippen molar-refractivity contribution in [3.63, 3.8) is 0 Å². The van der Waals surface area contributed by atoms with Crippen molar-refractivity contribution in [3.05, 3.63) is 69.2 Å². The van der Waals surface area contributed by atoms with Crippen LogP contribution in [0.2, 0.25) is 10.0 Å². The summed E-state index contributed by atoms with van der Waals surface area (Å²) in [6.07, 6.45) is 0.283. The molecule has 20 heavy (non-hydrogen) atoms. The monoisotopic (exact) mass is 315 g/mol. The van der Waals surface area contributed by atoms with E-state index in [1.165, 1.54) is 24.3 Å². The molecule has 2 rings (SSSR count). The van der Waals surface area contributed by atoms with Gasteiger partial charge >= 0.3 is 0 Å². The molecule has 5 heteroatoms. The fourth-order valence-corrected chi connectivity index (χ4v) is 2.57. The third kappa shape index (κ3) is 3.29. The van der Waals surface area contributed by atoms with Crippen molar-refractivity contribution >= 4 is 23.2 Å². The highest BCUT2D eigenvalue weighted by atomic mass is 35.5. The first kappa shape index (κ1) is 15.2. The molecule has 2 aromatic carbocycles. The van der Waals surface area contributed by atoms with Gasteiger partial charge in [-0.15, -0.1) is 0 Å². The summed E-state index contributed by atoms with van der Waals surface area (Å²) in [4.78, 5) is 0. The lowest BCUT2D eigenvalue weighted by atomic mass is 9.98. The Hall–Kier alpha value is -1.16. The highest BCUT2D eigenvalue weighted by molar-refractivity contribution is 6.31. The molecule has 1 nitrogen and oxygen atoms in total. The van der Waals surface area contributed by atoms with Crippen LogP contribution in [0.25, 0.3) is 0 Å². The second kappa shape index (κ2) is 6.53. The molecule has 1 unspecified atom stereocenters. The van der Waals surface area contributed by atoms with E-state index in [1.54, 1.807) is 19.2 Å². The van der Waals surface area contributed by atoms with Gasteiger partial charge in [0.15, 0.2) is 0 Å². The van der Waals surface area contributed by atoms with E-state index in [0.717, 1.165) is 0 Å². The Balaban J connectivity index is 2.36. The molecule has 0 fully saturated rings. The molecule has 106 valence electrons. The van der Waals surface area contributed by atoms with Crippen LogP contribution >= 0.6 is 23.2 Å². The highest BCUT2D eigenvalue weighted by Crippen LogP contribution is 2.29. The van der Waals surface area contributed by atoms with E-state index in [0.29, 0.717) is 21.2 Å². The highest BCUT2D eigenvalue weighted by Gasteiger charge is 2.18. The van der Waals surface area contributed by atoms with E-state index < -0.39 is 0 Å². The summed E-state index contributed by atoms with van der Waals surface area (Å²) in [7, 11) is 1.71. The Bertz CT molecular complexity index is 597. The number of halogens is 4. The standard InChI is InChI=1S/C15H13Cl2F2N/c1-20-15(11-7-9(18)5-6-13(11)17)8-10-12(16)3-2-4-14(10)19/h2-7,15,20H,8H2,1H3. The first-order valence-electron chi connectivity index (χ1n) is 6.08. The van der Waals surface area contributed by atoms with Crippen LogP contribution in [0.3, 0.4) is 0 Å². The van der Waals surface area contributed by atoms with E-state index in [2.05, 4.69) is 5.32 Å². The Morgan fingerprint density at radius 3 is 2.50 bits per heavy atom. The van der Waals surface area contributed by atoms with Crippen LogP contribution in [0.5, 0.6) is 0 Å². The van der Waals surface area contributed by atoms with E-state index >= 15 is 0 Å². The number of benzene rings is 2. The molecule has 0 heterocycles. The number of rotatable bonds is 4. The number of hydrogen-bond donors (Lipinski definition) is 1. The van der Waals surface area contributed by atoms with Crippen LogP contribution < -0.4 is 5.32 Å². The summed E-state index contributed by atoms with van der Waals surface area (Å²) >= 11 is 12.1. The molecule has 0 radical (unpaired) electrons. The summed E-state index contributed by atoms with van der Waals surface area (Å²) in [5.41, 5.74) is 0.960. The van der Waals surface area contributed by atoms with Crippen LogP contribution in [0, 0.1) is 11.6 Å². The summed E-state index contributed by atoms with van der Waals surface area (Å²) in [6, 6.07) is 8.31. The van der Waals surface area contributed by atoms with Crippen LogP contribution in [0.1, 0.15) is 17.2 Å². The molecule has 0 bridgehead atoms. The van der Waals surface area contributed by atoms with Gasteiger partial charge in [0, 0.05) is 21.7 Å². The van der Waals surface area contributed by atoms with Gasteiger partial charge in [-0.25, -0.2) is 8.78 Å². The Morgan fingerprint density at radius 2 is 1.85 bits per heavy atom. The maximum atomic E-state index is 13.8. The minimum Gasteiger partial charge on any atom is -0.313 e. The molecule has 0 spiro atoms. The molecule has 2 aromatic rings. The van der Waals surface area contributed by atoms with Crippen molar-refractivity contribution in [2.24, 2.45) is 0 Å². The molecule has 0 saturated heterocycles. The predicted molar refractivity (Wildman–Crippen MR) is 78.3 cm³/mol. The lowest BCUT2D eigenvalue weighted by Crippen LogP contribution is -2.20. The Morgan fingerprint density at radius 1 is 1.10 bits per heavy atom. The van der Waals surface area contributed by atoms with Gasteiger partial charge in [0.05, 0.1) is 0 Å². The van der Waals surface area contributed by atoms with Crippen molar-refractivity contribution in [1.29, 1.82) is 0 Å². The fourth-order valence-electron chi connectivity index (χ4n) is 2.08. The maximum absolute atomic E-state index is 13.8. The van der Waals surface area contributed by atoms with Crippen LogP contribution in [0.15, 0.2) is 36.4 Å². The molecular weight excluding hydrogens is 303 g/mol. The van der Waals surface area contributed by atoms with Gasteiger partial charge in [-0.3, -0.25) is 0 Å². The van der Waals surface area contributed by atoms with Crippen molar-refractivity contribution in [3.8, 4) is 0 Å².